The number of benzene rings is 1. The Bertz CT molecular complexity index is 655. The Labute approximate surface area is 156 Å². The Morgan fingerprint density at radius 3 is 2.42 bits per heavy atom. The standard InChI is InChI=1S/C21H29N3O2/c1-23(21(16-22)12-4-3-5-13-21)20(25)15-24(18-8-9-18)14-17-6-10-19(26-2)11-7-17/h6-7,10-11,18H,3-5,8-9,12-15H2,1-2H3. The Hall–Kier alpha value is -2.06. The zero-order valence-corrected chi connectivity index (χ0v) is 15.9. The summed E-state index contributed by atoms with van der Waals surface area (Å²) in [5.41, 5.74) is 0.575. The summed E-state index contributed by atoms with van der Waals surface area (Å²) in [6.45, 7) is 1.14. The van der Waals surface area contributed by atoms with Crippen molar-refractivity contribution >= 4 is 5.91 Å². The van der Waals surface area contributed by atoms with Gasteiger partial charge in [-0.25, -0.2) is 0 Å². The quantitative estimate of drug-likeness (QED) is 0.753. The minimum Gasteiger partial charge on any atom is -0.497 e. The smallest absolute Gasteiger partial charge is 0.237 e. The molecule has 0 N–H and O–H groups in total. The van der Waals surface area contributed by atoms with E-state index >= 15 is 0 Å². The molecule has 0 unspecified atom stereocenters. The number of hydrogen-bond acceptors (Lipinski definition) is 4. The Morgan fingerprint density at radius 1 is 1.23 bits per heavy atom. The molecule has 2 aliphatic carbocycles. The summed E-state index contributed by atoms with van der Waals surface area (Å²) >= 11 is 0. The number of carbonyl (C=O) groups is 1. The summed E-state index contributed by atoms with van der Waals surface area (Å²) in [6.07, 6.45) is 7.12. The van der Waals surface area contributed by atoms with Gasteiger partial charge in [0.15, 0.2) is 0 Å². The summed E-state index contributed by atoms with van der Waals surface area (Å²) in [5, 5.41) is 9.73. The molecule has 0 heterocycles. The summed E-state index contributed by atoms with van der Waals surface area (Å²) < 4.78 is 5.22. The van der Waals surface area contributed by atoms with E-state index in [2.05, 4.69) is 23.1 Å². The van der Waals surface area contributed by atoms with Crippen molar-refractivity contribution in [1.82, 2.24) is 9.80 Å². The predicted molar refractivity (Wildman–Crippen MR) is 101 cm³/mol. The third-order valence-electron chi connectivity index (χ3n) is 5.85. The molecule has 2 saturated carbocycles. The van der Waals surface area contributed by atoms with Crippen LogP contribution < -0.4 is 4.74 Å². The van der Waals surface area contributed by atoms with Gasteiger partial charge >= 0.3 is 0 Å². The molecule has 2 aliphatic rings. The predicted octanol–water partition coefficient (Wildman–Crippen LogP) is 3.34. The van der Waals surface area contributed by atoms with Crippen molar-refractivity contribution in [2.75, 3.05) is 20.7 Å². The highest BCUT2D eigenvalue weighted by atomic mass is 16.5. The molecule has 1 aromatic carbocycles. The van der Waals surface area contributed by atoms with Crippen LogP contribution in [-0.2, 0) is 11.3 Å². The SMILES string of the molecule is COc1ccc(CN(CC(=O)N(C)C2(C#N)CCCCC2)C2CC2)cc1. The van der Waals surface area contributed by atoms with Gasteiger partial charge in [0.05, 0.1) is 19.7 Å². The second-order valence-electron chi connectivity index (χ2n) is 7.64. The molecule has 1 amide bonds. The van der Waals surface area contributed by atoms with Crippen molar-refractivity contribution in [3.8, 4) is 11.8 Å². The number of likely N-dealkylation sites (N-methyl/N-ethyl adjacent to an activating group) is 1. The lowest BCUT2D eigenvalue weighted by atomic mass is 9.81. The molecule has 0 spiro atoms. The van der Waals surface area contributed by atoms with Crippen LogP contribution in [0.15, 0.2) is 24.3 Å². The average molecular weight is 355 g/mol. The van der Waals surface area contributed by atoms with Crippen LogP contribution >= 0.6 is 0 Å². The van der Waals surface area contributed by atoms with E-state index < -0.39 is 5.54 Å². The first kappa shape index (κ1) is 18.7. The molecule has 0 aliphatic heterocycles. The van der Waals surface area contributed by atoms with Gasteiger partial charge in [-0.05, 0) is 43.4 Å². The third-order valence-corrected chi connectivity index (χ3v) is 5.85. The molecule has 0 radical (unpaired) electrons. The first-order valence-electron chi connectivity index (χ1n) is 9.63. The number of ether oxygens (including phenoxy) is 1. The minimum absolute atomic E-state index is 0.0638. The first-order valence-corrected chi connectivity index (χ1v) is 9.63. The maximum absolute atomic E-state index is 13.0. The van der Waals surface area contributed by atoms with Gasteiger partial charge in [-0.1, -0.05) is 31.4 Å². The highest BCUT2D eigenvalue weighted by Crippen LogP contribution is 2.33. The summed E-state index contributed by atoms with van der Waals surface area (Å²) in [7, 11) is 3.48. The normalized spacial score (nSPS) is 19.0. The lowest BCUT2D eigenvalue weighted by Crippen LogP contribution is -2.52. The number of nitrogens with zero attached hydrogens (tertiary/aromatic N) is 3. The number of nitriles is 1. The van der Waals surface area contributed by atoms with Crippen molar-refractivity contribution in [3.05, 3.63) is 29.8 Å². The minimum atomic E-state index is -0.606. The van der Waals surface area contributed by atoms with E-state index in [1.165, 1.54) is 5.56 Å². The van der Waals surface area contributed by atoms with Crippen LogP contribution in [0.3, 0.4) is 0 Å². The molecule has 0 bridgehead atoms. The molecule has 0 saturated heterocycles. The fourth-order valence-corrected chi connectivity index (χ4v) is 3.90. The molecular weight excluding hydrogens is 326 g/mol. The van der Waals surface area contributed by atoms with Crippen LogP contribution in [0.25, 0.3) is 0 Å². The molecule has 5 nitrogen and oxygen atoms in total. The van der Waals surface area contributed by atoms with Crippen LogP contribution in [0, 0.1) is 11.3 Å². The number of methoxy groups -OCH3 is 1. The maximum atomic E-state index is 13.0. The monoisotopic (exact) mass is 355 g/mol. The largest absolute Gasteiger partial charge is 0.497 e. The molecule has 5 heteroatoms. The Balaban J connectivity index is 1.65. The van der Waals surface area contributed by atoms with Gasteiger partial charge in [-0.15, -0.1) is 0 Å². The molecule has 1 aromatic rings. The lowest BCUT2D eigenvalue weighted by molar-refractivity contribution is -0.136. The maximum Gasteiger partial charge on any atom is 0.237 e. The van der Waals surface area contributed by atoms with Gasteiger partial charge in [0.2, 0.25) is 5.91 Å². The van der Waals surface area contributed by atoms with Crippen molar-refractivity contribution < 1.29 is 9.53 Å². The van der Waals surface area contributed by atoms with E-state index in [4.69, 9.17) is 4.74 Å². The van der Waals surface area contributed by atoms with E-state index in [0.717, 1.165) is 57.2 Å². The van der Waals surface area contributed by atoms with E-state index in [-0.39, 0.29) is 5.91 Å². The number of rotatable bonds is 7. The second-order valence-corrected chi connectivity index (χ2v) is 7.64. The molecule has 140 valence electrons. The van der Waals surface area contributed by atoms with Crippen molar-refractivity contribution in [2.24, 2.45) is 0 Å². The molecule has 3 rings (SSSR count). The highest BCUT2D eigenvalue weighted by molar-refractivity contribution is 5.79. The highest BCUT2D eigenvalue weighted by Gasteiger charge is 2.40. The third kappa shape index (κ3) is 4.19. The van der Waals surface area contributed by atoms with E-state index in [0.29, 0.717) is 12.6 Å². The summed E-state index contributed by atoms with van der Waals surface area (Å²) in [5.74, 6) is 0.907. The lowest BCUT2D eigenvalue weighted by Gasteiger charge is -2.40. The van der Waals surface area contributed by atoms with E-state index in [9.17, 15) is 10.1 Å². The van der Waals surface area contributed by atoms with Gasteiger partial charge in [0.25, 0.3) is 0 Å². The topological polar surface area (TPSA) is 56.6 Å². The molecular formula is C21H29N3O2. The Morgan fingerprint density at radius 2 is 1.88 bits per heavy atom. The van der Waals surface area contributed by atoms with E-state index in [1.807, 2.05) is 19.2 Å². The van der Waals surface area contributed by atoms with Crippen molar-refractivity contribution in [1.29, 1.82) is 5.26 Å². The van der Waals surface area contributed by atoms with Crippen LogP contribution in [0.1, 0.15) is 50.5 Å². The Kier molecular flexibility index (Phi) is 5.83. The van der Waals surface area contributed by atoms with Gasteiger partial charge in [-0.3, -0.25) is 9.69 Å². The van der Waals surface area contributed by atoms with Gasteiger partial charge in [0.1, 0.15) is 11.3 Å². The second kappa shape index (κ2) is 8.09. The molecule has 0 aromatic heterocycles. The van der Waals surface area contributed by atoms with Crippen molar-refractivity contribution in [2.45, 2.75) is 63.1 Å². The number of hydrogen-bond donors (Lipinski definition) is 0. The van der Waals surface area contributed by atoms with Gasteiger partial charge < -0.3 is 9.64 Å². The first-order chi connectivity index (χ1) is 12.6. The van der Waals surface area contributed by atoms with Gasteiger partial charge in [-0.2, -0.15) is 5.26 Å². The van der Waals surface area contributed by atoms with E-state index in [1.54, 1.807) is 12.0 Å². The van der Waals surface area contributed by atoms with Crippen LogP contribution in [0.5, 0.6) is 5.75 Å². The fraction of sp³-hybridized carbons (Fsp3) is 0.619. The zero-order chi connectivity index (χ0) is 18.6. The van der Waals surface area contributed by atoms with Crippen molar-refractivity contribution in [3.63, 3.8) is 0 Å². The molecule has 26 heavy (non-hydrogen) atoms. The zero-order valence-electron chi connectivity index (χ0n) is 15.9. The molecule has 2 fully saturated rings. The summed E-state index contributed by atoms with van der Waals surface area (Å²) in [4.78, 5) is 16.9. The number of amides is 1. The average Bonchev–Trinajstić information content (AvgIpc) is 3.53. The van der Waals surface area contributed by atoms with Crippen LogP contribution in [0.2, 0.25) is 0 Å². The van der Waals surface area contributed by atoms with Crippen LogP contribution in [-0.4, -0.2) is 48.0 Å². The number of carbonyl (C=O) groups excluding carboxylic acids is 1. The summed E-state index contributed by atoms with van der Waals surface area (Å²) in [6, 6.07) is 11.0. The van der Waals surface area contributed by atoms with Gasteiger partial charge in [0, 0.05) is 19.6 Å². The van der Waals surface area contributed by atoms with Crippen LogP contribution in [0.4, 0.5) is 0 Å². The fourth-order valence-electron chi connectivity index (χ4n) is 3.90. The molecule has 0 atom stereocenters.